The highest BCUT2D eigenvalue weighted by Gasteiger charge is 2.39. The van der Waals surface area contributed by atoms with E-state index >= 15 is 0 Å². The van der Waals surface area contributed by atoms with E-state index in [0.717, 1.165) is 16.8 Å². The Bertz CT molecular complexity index is 1090. The summed E-state index contributed by atoms with van der Waals surface area (Å²) >= 11 is 3.44. The second-order valence-electron chi connectivity index (χ2n) is 13.2. The Morgan fingerprint density at radius 2 is 0.897 bits per heavy atom. The number of hydrogen-bond donors (Lipinski definition) is 1. The van der Waals surface area contributed by atoms with Crippen LogP contribution >= 0.6 is 15.9 Å². The largest absolute Gasteiger partial charge is 0.544 e. The number of aryl methyl sites for hydroxylation is 2. The van der Waals surface area contributed by atoms with Crippen molar-refractivity contribution in [3.05, 3.63) is 89.5 Å². The molecule has 0 saturated carbocycles. The molecule has 6 heteroatoms. The molecule has 3 rings (SSSR count). The predicted molar refractivity (Wildman–Crippen MR) is 179 cm³/mol. The molecule has 3 nitrogen and oxygen atoms in total. The molecule has 0 spiro atoms. The lowest BCUT2D eigenvalue weighted by atomic mass is 10.2. The van der Waals surface area contributed by atoms with E-state index in [2.05, 4.69) is 139 Å². The standard InChI is InChI=1S/C13H21BrOSi.C13H22OSi.C7H8O/c1-13(2,3)16(4,5)15-12-8-6-11(10-14)7-9-12;1-11-7-9-12(10-8-11)14-15(5,6)13(2,3)4;1-6-2-4-7(8)5-3-6/h6-9H,10H2,1-5H3;7-10H,1-6H3;2-5,8H,1H3. The number of phenols is 1. The first-order valence-electron chi connectivity index (χ1n) is 13.6. The van der Waals surface area contributed by atoms with E-state index in [0.29, 0.717) is 5.75 Å². The zero-order chi connectivity index (χ0) is 30.1. The Hall–Kier alpha value is -2.03. The van der Waals surface area contributed by atoms with Gasteiger partial charge < -0.3 is 14.0 Å². The first-order valence-corrected chi connectivity index (χ1v) is 20.6. The van der Waals surface area contributed by atoms with Crippen LogP contribution < -0.4 is 8.85 Å². The van der Waals surface area contributed by atoms with Crippen molar-refractivity contribution in [2.45, 2.75) is 97.0 Å². The van der Waals surface area contributed by atoms with Gasteiger partial charge in [-0.25, -0.2) is 0 Å². The van der Waals surface area contributed by atoms with E-state index in [9.17, 15) is 0 Å². The number of hydrogen-bond acceptors (Lipinski definition) is 3. The summed E-state index contributed by atoms with van der Waals surface area (Å²) in [7, 11) is -3.35. The van der Waals surface area contributed by atoms with Gasteiger partial charge in [-0.05, 0) is 92.1 Å². The fourth-order valence-electron chi connectivity index (χ4n) is 2.69. The number of benzene rings is 3. The summed E-state index contributed by atoms with van der Waals surface area (Å²) in [6, 6.07) is 23.8. The highest BCUT2D eigenvalue weighted by atomic mass is 79.9. The summed E-state index contributed by atoms with van der Waals surface area (Å²) in [6.45, 7) is 26.7. The molecule has 0 aliphatic heterocycles. The average molecular weight is 632 g/mol. The lowest BCUT2D eigenvalue weighted by Crippen LogP contribution is -2.43. The molecule has 0 aromatic heterocycles. The number of phenolic OH excluding ortho intramolecular Hbond substituents is 1. The summed E-state index contributed by atoms with van der Waals surface area (Å²) in [4.78, 5) is 0. The second kappa shape index (κ2) is 14.6. The molecule has 0 unspecified atom stereocenters. The summed E-state index contributed by atoms with van der Waals surface area (Å²) in [6.07, 6.45) is 0. The van der Waals surface area contributed by atoms with Crippen LogP contribution in [0.2, 0.25) is 36.3 Å². The molecule has 0 aliphatic rings. The molecule has 0 fully saturated rings. The van der Waals surface area contributed by atoms with Gasteiger partial charge in [0, 0.05) is 5.33 Å². The number of aromatic hydroxyl groups is 1. The maximum atomic E-state index is 8.76. The van der Waals surface area contributed by atoms with Crippen LogP contribution in [0.15, 0.2) is 72.8 Å². The van der Waals surface area contributed by atoms with Gasteiger partial charge >= 0.3 is 0 Å². The third-order valence-corrected chi connectivity index (χ3v) is 16.9. The maximum absolute atomic E-state index is 8.76. The Morgan fingerprint density at radius 3 is 1.18 bits per heavy atom. The minimum absolute atomic E-state index is 0.251. The van der Waals surface area contributed by atoms with E-state index in [4.69, 9.17) is 14.0 Å². The van der Waals surface area contributed by atoms with Crippen molar-refractivity contribution in [3.8, 4) is 17.2 Å². The van der Waals surface area contributed by atoms with Gasteiger partial charge in [-0.3, -0.25) is 0 Å². The molecule has 0 aliphatic carbocycles. The lowest BCUT2D eigenvalue weighted by Gasteiger charge is -2.36. The van der Waals surface area contributed by atoms with E-state index in [1.807, 2.05) is 19.1 Å². The Labute approximate surface area is 249 Å². The van der Waals surface area contributed by atoms with Crippen molar-refractivity contribution in [2.75, 3.05) is 0 Å². The van der Waals surface area contributed by atoms with Crippen LogP contribution in [0.1, 0.15) is 58.2 Å². The van der Waals surface area contributed by atoms with E-state index < -0.39 is 16.6 Å². The zero-order valence-corrected chi connectivity index (χ0v) is 29.9. The van der Waals surface area contributed by atoms with Gasteiger partial charge in [-0.2, -0.15) is 0 Å². The van der Waals surface area contributed by atoms with Crippen molar-refractivity contribution >= 4 is 32.6 Å². The second-order valence-corrected chi connectivity index (χ2v) is 23.2. The van der Waals surface area contributed by atoms with E-state index in [1.54, 1.807) is 12.1 Å². The minimum atomic E-state index is -1.69. The Morgan fingerprint density at radius 1 is 0.590 bits per heavy atom. The summed E-state index contributed by atoms with van der Waals surface area (Å²) in [5, 5.41) is 10.2. The molecule has 216 valence electrons. The van der Waals surface area contributed by atoms with Gasteiger partial charge in [-0.15, -0.1) is 0 Å². The van der Waals surface area contributed by atoms with E-state index in [-0.39, 0.29) is 10.1 Å². The Balaban J connectivity index is 0.000000308. The lowest BCUT2D eigenvalue weighted by molar-refractivity contribution is 0.475. The minimum Gasteiger partial charge on any atom is -0.544 e. The number of rotatable bonds is 5. The molecule has 0 heterocycles. The summed E-state index contributed by atoms with van der Waals surface area (Å²) in [5.74, 6) is 2.33. The molecule has 0 amide bonds. The molecule has 39 heavy (non-hydrogen) atoms. The van der Waals surface area contributed by atoms with Gasteiger partial charge in [0.15, 0.2) is 0 Å². The fourth-order valence-corrected chi connectivity index (χ4v) is 5.13. The molecule has 3 aromatic carbocycles. The molecule has 3 aromatic rings. The summed E-state index contributed by atoms with van der Waals surface area (Å²) in [5.41, 5.74) is 3.72. The van der Waals surface area contributed by atoms with Gasteiger partial charge in [0.2, 0.25) is 16.6 Å². The van der Waals surface area contributed by atoms with Gasteiger partial charge in [0.25, 0.3) is 0 Å². The highest BCUT2D eigenvalue weighted by molar-refractivity contribution is 9.08. The molecule has 0 atom stereocenters. The SMILES string of the molecule is CC(C)(C)[Si](C)(C)Oc1ccc(CBr)cc1.Cc1ccc(O)cc1.Cc1ccc(O[Si](C)(C)C(C)(C)C)cc1. The van der Waals surface area contributed by atoms with Gasteiger partial charge in [-0.1, -0.05) is 105 Å². The predicted octanol–water partition coefficient (Wildman–Crippen LogP) is 11.0. The van der Waals surface area contributed by atoms with Crippen LogP contribution in [0.4, 0.5) is 0 Å². The molecular formula is C33H51BrO3Si2. The van der Waals surface area contributed by atoms with Crippen LogP contribution in [0.3, 0.4) is 0 Å². The van der Waals surface area contributed by atoms with Gasteiger partial charge in [0.05, 0.1) is 0 Å². The molecular weight excluding hydrogens is 580 g/mol. The monoisotopic (exact) mass is 630 g/mol. The average Bonchev–Trinajstić information content (AvgIpc) is 2.82. The van der Waals surface area contributed by atoms with Crippen LogP contribution in [0.25, 0.3) is 0 Å². The van der Waals surface area contributed by atoms with Crippen LogP contribution in [-0.2, 0) is 5.33 Å². The Kier molecular flexibility index (Phi) is 13.1. The zero-order valence-electron chi connectivity index (χ0n) is 26.3. The first-order chi connectivity index (χ1) is 17.8. The maximum Gasteiger partial charge on any atom is 0.250 e. The molecule has 0 saturated heterocycles. The van der Waals surface area contributed by atoms with Crippen molar-refractivity contribution in [1.82, 2.24) is 0 Å². The molecule has 0 bridgehead atoms. The van der Waals surface area contributed by atoms with Crippen LogP contribution in [0.5, 0.6) is 17.2 Å². The van der Waals surface area contributed by atoms with Crippen molar-refractivity contribution < 1.29 is 14.0 Å². The van der Waals surface area contributed by atoms with Crippen molar-refractivity contribution in [3.63, 3.8) is 0 Å². The normalized spacial score (nSPS) is 11.9. The highest BCUT2D eigenvalue weighted by Crippen LogP contribution is 2.38. The van der Waals surface area contributed by atoms with E-state index in [1.165, 1.54) is 16.7 Å². The summed E-state index contributed by atoms with van der Waals surface area (Å²) < 4.78 is 12.3. The smallest absolute Gasteiger partial charge is 0.250 e. The number of alkyl halides is 1. The van der Waals surface area contributed by atoms with Crippen LogP contribution in [-0.4, -0.2) is 21.7 Å². The number of halogens is 1. The van der Waals surface area contributed by atoms with Crippen molar-refractivity contribution in [1.29, 1.82) is 0 Å². The third-order valence-electron chi connectivity index (χ3n) is 7.49. The van der Waals surface area contributed by atoms with Crippen molar-refractivity contribution in [2.24, 2.45) is 0 Å². The van der Waals surface area contributed by atoms with Gasteiger partial charge in [0.1, 0.15) is 17.2 Å². The fraction of sp³-hybridized carbons (Fsp3) is 0.455. The quantitative estimate of drug-likeness (QED) is 0.225. The molecule has 1 N–H and O–H groups in total. The topological polar surface area (TPSA) is 38.7 Å². The third kappa shape index (κ3) is 12.4. The molecule has 0 radical (unpaired) electrons. The van der Waals surface area contributed by atoms with Crippen LogP contribution in [0, 0.1) is 13.8 Å². The first kappa shape index (κ1) is 35.0.